The number of carboxylic acid groups (broad SMARTS) is 1. The lowest BCUT2D eigenvalue weighted by molar-refractivity contribution is 0.0689. The molecule has 11 rings (SSSR count). The van der Waals surface area contributed by atoms with E-state index >= 15 is 0 Å². The monoisotopic (exact) mass is 1030 g/mol. The average molecular weight is 1030 g/mol. The summed E-state index contributed by atoms with van der Waals surface area (Å²) in [7, 11) is 0. The molecule has 0 radical (unpaired) electrons. The Balaban J connectivity index is 0.951. The summed E-state index contributed by atoms with van der Waals surface area (Å²) in [4.78, 5) is 28.5. The van der Waals surface area contributed by atoms with Gasteiger partial charge in [0.25, 0.3) is 5.56 Å². The molecule has 0 aliphatic heterocycles. The fourth-order valence-electron chi connectivity index (χ4n) is 13.2. The van der Waals surface area contributed by atoms with Crippen molar-refractivity contribution >= 4 is 28.6 Å². The second-order valence-electron chi connectivity index (χ2n) is 21.8. The average Bonchev–Trinajstić information content (AvgIpc) is 4.18. The lowest BCUT2D eigenvalue weighted by Gasteiger charge is -2.35. The second kappa shape index (κ2) is 22.0. The summed E-state index contributed by atoms with van der Waals surface area (Å²) in [6.45, 7) is 13.5. The minimum absolute atomic E-state index is 0.0350. The molecule has 1 heterocycles. The second-order valence-corrected chi connectivity index (χ2v) is 21.8. The van der Waals surface area contributed by atoms with E-state index in [-0.39, 0.29) is 22.1 Å². The number of hydrogen-bond acceptors (Lipinski definition) is 3. The van der Waals surface area contributed by atoms with Crippen LogP contribution in [0.4, 0.5) is 17.1 Å². The first-order chi connectivity index (χ1) is 38.1. The third-order valence-electron chi connectivity index (χ3n) is 17.2. The van der Waals surface area contributed by atoms with Crippen molar-refractivity contribution in [1.82, 2.24) is 9.78 Å². The van der Waals surface area contributed by atoms with Gasteiger partial charge in [0.1, 0.15) is 0 Å². The molecule has 78 heavy (non-hydrogen) atoms. The zero-order valence-electron chi connectivity index (χ0n) is 45.7. The SMILES string of the molecule is C=C(c1ccc(-c2ccc(-c3ccc(N(c4ccc5c(c4)C(CCCC)(CCCC)c4ccccc4-5)c4ccc5c(c4)C(CCCC)(CCCC)c4ccccc4-5)cc3)cc2)cc1)c1c(C(=O)O)[nH]n(-c2ccccc2)c1=O. The first kappa shape index (κ1) is 51.9. The molecule has 6 heteroatoms. The topological polar surface area (TPSA) is 78.3 Å². The van der Waals surface area contributed by atoms with Crippen molar-refractivity contribution < 1.29 is 9.90 Å². The molecule has 0 unspecified atom stereocenters. The number of H-pyrrole nitrogens is 1. The number of unbranched alkanes of at least 4 members (excludes halogenated alkanes) is 4. The number of hydrogen-bond donors (Lipinski definition) is 2. The van der Waals surface area contributed by atoms with Gasteiger partial charge in [-0.05, 0) is 152 Å². The normalized spacial score (nSPS) is 13.4. The Hall–Kier alpha value is -8.22. The first-order valence-corrected chi connectivity index (χ1v) is 28.6. The van der Waals surface area contributed by atoms with Gasteiger partial charge in [-0.2, -0.15) is 0 Å². The number of benzene rings is 8. The summed E-state index contributed by atoms with van der Waals surface area (Å²) >= 11 is 0. The van der Waals surface area contributed by atoms with Crippen LogP contribution < -0.4 is 10.5 Å². The van der Waals surface area contributed by atoms with Crippen LogP contribution in [0.15, 0.2) is 199 Å². The van der Waals surface area contributed by atoms with Gasteiger partial charge in [-0.3, -0.25) is 9.89 Å². The fraction of sp³-hybridized carbons (Fsp3) is 0.250. The van der Waals surface area contributed by atoms with E-state index in [0.29, 0.717) is 16.8 Å². The molecule has 0 amide bonds. The van der Waals surface area contributed by atoms with Crippen molar-refractivity contribution in [1.29, 1.82) is 0 Å². The van der Waals surface area contributed by atoms with Crippen molar-refractivity contribution in [2.24, 2.45) is 0 Å². The summed E-state index contributed by atoms with van der Waals surface area (Å²) in [5.74, 6) is -1.23. The van der Waals surface area contributed by atoms with E-state index in [0.717, 1.165) is 53.6 Å². The molecule has 0 saturated heterocycles. The standard InChI is InChI=1S/C72H71N3O3/c1-6-10-43-71(44-11-7-2)63-25-19-17-23-59(63)61-41-39-57(47-65(61)71)74(58-40-42-62-60-24-18-20-26-64(60)72(45-12-8-3,46-13-9-4)66(62)48-58)55-37-35-54(36-38-55)53-33-31-52(32-34-53)51-29-27-50(28-30-51)49(5)67-68(70(77)78)73-75(69(67)76)56-21-15-14-16-22-56/h14-42,47-48,73H,5-13,43-46H2,1-4H3,(H,77,78). The predicted octanol–water partition coefficient (Wildman–Crippen LogP) is 19.0. The lowest BCUT2D eigenvalue weighted by atomic mass is 9.70. The van der Waals surface area contributed by atoms with Crippen molar-refractivity contribution in [3.05, 3.63) is 244 Å². The molecule has 0 fully saturated rings. The third kappa shape index (κ3) is 9.15. The van der Waals surface area contributed by atoms with Crippen LogP contribution in [0.1, 0.15) is 149 Å². The van der Waals surface area contributed by atoms with E-state index in [1.165, 1.54) is 112 Å². The van der Waals surface area contributed by atoms with Crippen molar-refractivity contribution in [2.75, 3.05) is 4.90 Å². The minimum Gasteiger partial charge on any atom is -0.477 e. The van der Waals surface area contributed by atoms with E-state index in [1.807, 2.05) is 30.3 Å². The van der Waals surface area contributed by atoms with E-state index in [9.17, 15) is 14.7 Å². The molecule has 0 atom stereocenters. The summed E-state index contributed by atoms with van der Waals surface area (Å²) in [5, 5.41) is 12.9. The van der Waals surface area contributed by atoms with Crippen LogP contribution in [0.2, 0.25) is 0 Å². The van der Waals surface area contributed by atoms with Gasteiger partial charge in [-0.1, -0.05) is 225 Å². The van der Waals surface area contributed by atoms with Gasteiger partial charge >= 0.3 is 5.97 Å². The number of para-hydroxylation sites is 1. The highest BCUT2D eigenvalue weighted by molar-refractivity contribution is 5.95. The van der Waals surface area contributed by atoms with Gasteiger partial charge in [-0.15, -0.1) is 0 Å². The molecule has 392 valence electrons. The number of aromatic carboxylic acids is 1. The Morgan fingerprint density at radius 2 is 0.872 bits per heavy atom. The molecule has 2 aliphatic rings. The Morgan fingerprint density at radius 3 is 1.31 bits per heavy atom. The summed E-state index contributed by atoms with van der Waals surface area (Å²) in [6.07, 6.45) is 14.0. The largest absolute Gasteiger partial charge is 0.477 e. The molecule has 0 saturated carbocycles. The summed E-state index contributed by atoms with van der Waals surface area (Å²) in [6, 6.07) is 67.7. The first-order valence-electron chi connectivity index (χ1n) is 28.6. The maximum atomic E-state index is 13.6. The molecule has 1 aromatic heterocycles. The molecule has 8 aromatic carbocycles. The van der Waals surface area contributed by atoms with E-state index in [4.69, 9.17) is 0 Å². The number of rotatable bonds is 21. The van der Waals surface area contributed by atoms with Gasteiger partial charge in [0.05, 0.1) is 11.3 Å². The van der Waals surface area contributed by atoms with Crippen LogP contribution in [-0.4, -0.2) is 20.9 Å². The van der Waals surface area contributed by atoms with Crippen LogP contribution in [0.5, 0.6) is 0 Å². The van der Waals surface area contributed by atoms with E-state index in [1.54, 1.807) is 24.3 Å². The number of anilines is 3. The Morgan fingerprint density at radius 1 is 0.487 bits per heavy atom. The Labute approximate surface area is 460 Å². The van der Waals surface area contributed by atoms with E-state index in [2.05, 4.69) is 178 Å². The molecule has 6 nitrogen and oxygen atoms in total. The molecule has 9 aromatic rings. The van der Waals surface area contributed by atoms with Crippen molar-refractivity contribution in [3.63, 3.8) is 0 Å². The fourth-order valence-corrected chi connectivity index (χ4v) is 13.2. The number of carbonyl (C=O) groups is 1. The van der Waals surface area contributed by atoms with Gasteiger partial charge < -0.3 is 10.0 Å². The highest BCUT2D eigenvalue weighted by Gasteiger charge is 2.44. The maximum Gasteiger partial charge on any atom is 0.354 e. The molecule has 0 bridgehead atoms. The molecular weight excluding hydrogens is 955 g/mol. The van der Waals surface area contributed by atoms with Crippen molar-refractivity contribution in [3.8, 4) is 50.2 Å². The molecular formula is C72H71N3O3. The van der Waals surface area contributed by atoms with Gasteiger partial charge in [-0.25, -0.2) is 9.48 Å². The molecule has 0 spiro atoms. The smallest absolute Gasteiger partial charge is 0.354 e. The molecule has 2 N–H and O–H groups in total. The molecule has 2 aliphatic carbocycles. The van der Waals surface area contributed by atoms with Crippen LogP contribution in [0, 0.1) is 0 Å². The number of aromatic amines is 1. The Bertz CT molecular complexity index is 3560. The van der Waals surface area contributed by atoms with Gasteiger partial charge in [0.15, 0.2) is 5.69 Å². The number of nitrogens with one attached hydrogen (secondary N) is 1. The number of fused-ring (bicyclic) bond motifs is 6. The van der Waals surface area contributed by atoms with Gasteiger partial charge in [0, 0.05) is 27.9 Å². The van der Waals surface area contributed by atoms with Crippen LogP contribution in [0.25, 0.3) is 55.8 Å². The van der Waals surface area contributed by atoms with Gasteiger partial charge in [0.2, 0.25) is 0 Å². The van der Waals surface area contributed by atoms with Crippen LogP contribution >= 0.6 is 0 Å². The zero-order chi connectivity index (χ0) is 54.0. The third-order valence-corrected chi connectivity index (χ3v) is 17.2. The Kier molecular flexibility index (Phi) is 14.6. The quantitative estimate of drug-likeness (QED) is 0.0752. The number of carboxylic acids is 1. The van der Waals surface area contributed by atoms with E-state index < -0.39 is 11.5 Å². The van der Waals surface area contributed by atoms with Crippen LogP contribution in [0.3, 0.4) is 0 Å². The minimum atomic E-state index is -1.23. The highest BCUT2D eigenvalue weighted by Crippen LogP contribution is 2.58. The summed E-state index contributed by atoms with van der Waals surface area (Å²) < 4.78 is 1.25. The highest BCUT2D eigenvalue weighted by atomic mass is 16.4. The summed E-state index contributed by atoms with van der Waals surface area (Å²) in [5.41, 5.74) is 20.1. The predicted molar refractivity (Wildman–Crippen MR) is 324 cm³/mol. The lowest BCUT2D eigenvalue weighted by Crippen LogP contribution is -2.26. The zero-order valence-corrected chi connectivity index (χ0v) is 45.7. The van der Waals surface area contributed by atoms with Crippen LogP contribution in [-0.2, 0) is 10.8 Å². The van der Waals surface area contributed by atoms with Crippen molar-refractivity contribution in [2.45, 2.75) is 116 Å². The number of aromatic nitrogens is 2. The maximum absolute atomic E-state index is 13.6. The number of nitrogens with zero attached hydrogens (tertiary/aromatic N) is 2.